The van der Waals surface area contributed by atoms with Gasteiger partial charge in [-0.1, -0.05) is 55.4 Å². The summed E-state index contributed by atoms with van der Waals surface area (Å²) >= 11 is 1.94. The Morgan fingerprint density at radius 3 is 1.41 bits per heavy atom. The van der Waals surface area contributed by atoms with Crippen LogP contribution in [0.5, 0.6) is 23.0 Å². The summed E-state index contributed by atoms with van der Waals surface area (Å²) in [6.07, 6.45) is 3.65. The van der Waals surface area contributed by atoms with Crippen LogP contribution >= 0.6 is 0 Å². The van der Waals surface area contributed by atoms with Gasteiger partial charge in [-0.3, -0.25) is 0 Å². The second-order valence-corrected chi connectivity index (χ2v) is 11.2. The molecule has 0 bridgehead atoms. The van der Waals surface area contributed by atoms with Gasteiger partial charge in [-0.05, 0) is 60.1 Å². The van der Waals surface area contributed by atoms with Gasteiger partial charge in [0.1, 0.15) is 23.0 Å². The first-order valence-electron chi connectivity index (χ1n) is 12.8. The Balaban J connectivity index is 0. The molecule has 0 saturated carbocycles. The van der Waals surface area contributed by atoms with Gasteiger partial charge < -0.3 is 44.5 Å². The molecule has 1 aromatic heterocycles. The molecular formula is C31H44Cl2O5Ti-2. The van der Waals surface area contributed by atoms with Crippen LogP contribution in [0, 0.1) is 0 Å². The minimum atomic E-state index is -0.0599. The average molecular weight is 615 g/mol. The fourth-order valence-corrected chi connectivity index (χ4v) is 3.48. The van der Waals surface area contributed by atoms with Crippen molar-refractivity contribution in [2.45, 2.75) is 79.1 Å². The van der Waals surface area contributed by atoms with Crippen molar-refractivity contribution in [1.29, 1.82) is 0 Å². The number of aromatic hydroxyl groups is 2. The number of halogens is 2. The number of furan rings is 1. The summed E-state index contributed by atoms with van der Waals surface area (Å²) in [5.74, 6) is 3.27. The van der Waals surface area contributed by atoms with E-state index in [9.17, 15) is 10.2 Å². The molecule has 0 aliphatic heterocycles. The molecular weight excluding hydrogens is 571 g/mol. The van der Waals surface area contributed by atoms with E-state index in [1.165, 1.54) is 0 Å². The zero-order valence-electron chi connectivity index (χ0n) is 24.5. The van der Waals surface area contributed by atoms with Gasteiger partial charge in [0.15, 0.2) is 0 Å². The third kappa shape index (κ3) is 14.9. The van der Waals surface area contributed by atoms with Gasteiger partial charge in [0.2, 0.25) is 0 Å². The van der Waals surface area contributed by atoms with Gasteiger partial charge in [-0.2, -0.15) is 0 Å². The summed E-state index contributed by atoms with van der Waals surface area (Å²) in [4.78, 5) is 0. The topological polar surface area (TPSA) is 72.1 Å². The molecule has 0 spiro atoms. The van der Waals surface area contributed by atoms with Crippen molar-refractivity contribution >= 4 is 4.31 Å². The fraction of sp³-hybridized carbons (Fsp3) is 0.452. The van der Waals surface area contributed by atoms with E-state index in [-0.39, 0.29) is 35.6 Å². The van der Waals surface area contributed by atoms with Crippen molar-refractivity contribution in [1.82, 2.24) is 0 Å². The van der Waals surface area contributed by atoms with Crippen LogP contribution in [0.4, 0.5) is 0 Å². The van der Waals surface area contributed by atoms with E-state index < -0.39 is 0 Å². The van der Waals surface area contributed by atoms with Crippen LogP contribution in [0.3, 0.4) is 0 Å². The Morgan fingerprint density at radius 2 is 1.15 bits per heavy atom. The van der Waals surface area contributed by atoms with Crippen LogP contribution in [-0.2, 0) is 30.8 Å². The van der Waals surface area contributed by atoms with Crippen LogP contribution in [0.15, 0.2) is 59.2 Å². The minimum absolute atomic E-state index is 0. The Hall–Kier alpha value is -1.92. The summed E-state index contributed by atoms with van der Waals surface area (Å²) in [6.45, 7) is 18.0. The second kappa shape index (κ2) is 19.2. The molecule has 0 fully saturated rings. The fourth-order valence-electron chi connectivity index (χ4n) is 3.22. The summed E-state index contributed by atoms with van der Waals surface area (Å²) in [5.41, 5.74) is 1.73. The number of hydrogen-bond acceptors (Lipinski definition) is 5. The Morgan fingerprint density at radius 1 is 0.744 bits per heavy atom. The molecule has 0 saturated heterocycles. The maximum atomic E-state index is 9.74. The SMILES string of the molecule is CCCOc1ccc(O)c(C(C)(C)C)c1.CCCOc1ccc(O)c(C(C)(C)C)c1.[Cl-].[Cl-].[Ti]=[CH]c1ccco1. The molecule has 0 atom stereocenters. The van der Waals surface area contributed by atoms with Crippen molar-refractivity contribution in [2.75, 3.05) is 13.2 Å². The van der Waals surface area contributed by atoms with Gasteiger partial charge in [-0.15, -0.1) is 0 Å². The predicted octanol–water partition coefficient (Wildman–Crippen LogP) is 1.94. The Labute approximate surface area is 259 Å². The first-order valence-corrected chi connectivity index (χ1v) is 13.7. The number of ether oxygens (including phenoxy) is 2. The third-order valence-electron chi connectivity index (χ3n) is 5.18. The first kappa shape index (κ1) is 39.2. The van der Waals surface area contributed by atoms with E-state index in [1.54, 1.807) is 30.5 Å². The zero-order valence-corrected chi connectivity index (χ0v) is 27.6. The summed E-state index contributed by atoms with van der Waals surface area (Å²) in [6, 6.07) is 14.6. The van der Waals surface area contributed by atoms with Gasteiger partial charge in [0, 0.05) is 11.1 Å². The van der Waals surface area contributed by atoms with Crippen LogP contribution in [0.1, 0.15) is 85.1 Å². The average Bonchev–Trinajstić information content (AvgIpc) is 3.36. The number of rotatable bonds is 7. The van der Waals surface area contributed by atoms with E-state index in [1.807, 2.05) is 48.6 Å². The molecule has 218 valence electrons. The summed E-state index contributed by atoms with van der Waals surface area (Å²) in [7, 11) is 0. The van der Waals surface area contributed by atoms with Crippen molar-refractivity contribution in [3.05, 3.63) is 71.7 Å². The number of benzene rings is 2. The first-order chi connectivity index (χ1) is 17.3. The number of phenolic OH excluding ortho intramolecular Hbond substituents is 2. The molecule has 3 aromatic rings. The maximum absolute atomic E-state index is 9.74. The quantitative estimate of drug-likeness (QED) is 0.398. The molecule has 0 aliphatic carbocycles. The van der Waals surface area contributed by atoms with Crippen LogP contribution < -0.4 is 34.3 Å². The molecule has 0 aliphatic rings. The van der Waals surface area contributed by atoms with E-state index >= 15 is 0 Å². The zero-order chi connectivity index (χ0) is 28.1. The molecule has 1 heterocycles. The molecule has 3 rings (SSSR count). The van der Waals surface area contributed by atoms with Gasteiger partial charge in [0.25, 0.3) is 0 Å². The Bertz CT molecular complexity index is 1000. The third-order valence-corrected chi connectivity index (χ3v) is 5.63. The van der Waals surface area contributed by atoms with Gasteiger partial charge >= 0.3 is 52.9 Å². The van der Waals surface area contributed by atoms with E-state index in [2.05, 4.69) is 55.4 Å². The number of phenols is 2. The summed E-state index contributed by atoms with van der Waals surface area (Å²) < 4.78 is 17.9. The van der Waals surface area contributed by atoms with Crippen molar-refractivity contribution in [3.8, 4) is 23.0 Å². The molecule has 0 unspecified atom stereocenters. The van der Waals surface area contributed by atoms with E-state index in [0.717, 1.165) is 41.2 Å². The molecule has 2 aromatic carbocycles. The molecule has 0 radical (unpaired) electrons. The summed E-state index contributed by atoms with van der Waals surface area (Å²) in [5, 5.41) is 19.5. The monoisotopic (exact) mass is 614 g/mol. The second-order valence-electron chi connectivity index (χ2n) is 10.7. The molecule has 0 amide bonds. The van der Waals surface area contributed by atoms with Crippen LogP contribution in [-0.4, -0.2) is 27.7 Å². The van der Waals surface area contributed by atoms with E-state index in [4.69, 9.17) is 13.9 Å². The molecule has 2 N–H and O–H groups in total. The van der Waals surface area contributed by atoms with Crippen LogP contribution in [0.25, 0.3) is 0 Å². The predicted molar refractivity (Wildman–Crippen MR) is 149 cm³/mol. The van der Waals surface area contributed by atoms with Crippen LogP contribution in [0.2, 0.25) is 0 Å². The van der Waals surface area contributed by atoms with Crippen molar-refractivity contribution < 1.29 is 68.9 Å². The normalized spacial score (nSPS) is 10.3. The van der Waals surface area contributed by atoms with Crippen molar-refractivity contribution in [2.24, 2.45) is 0 Å². The number of hydrogen-bond donors (Lipinski definition) is 2. The van der Waals surface area contributed by atoms with Crippen molar-refractivity contribution in [3.63, 3.8) is 0 Å². The van der Waals surface area contributed by atoms with E-state index in [0.29, 0.717) is 24.7 Å². The molecule has 39 heavy (non-hydrogen) atoms. The van der Waals surface area contributed by atoms with Gasteiger partial charge in [-0.25, -0.2) is 0 Å². The van der Waals surface area contributed by atoms with Gasteiger partial charge in [0.05, 0.1) is 13.2 Å². The molecule has 5 nitrogen and oxygen atoms in total. The standard InChI is InChI=1S/2C13H20O2.C5H4O.2ClH.Ti/c2*1-5-8-15-10-6-7-12(14)11(9-10)13(2,3)4;1-5-3-2-4-6-5;;;/h2*6-7,9,14H,5,8H2,1-4H3;1-4H;2*1H;/p-2. The Kier molecular flexibility index (Phi) is 19.3. The molecule has 8 heteroatoms.